The number of fused-ring (bicyclic) bond motifs is 2. The smallest absolute Gasteiger partial charge is 0.164 e. The quantitative estimate of drug-likeness (QED) is 0.322. The zero-order valence-corrected chi connectivity index (χ0v) is 15.1. The van der Waals surface area contributed by atoms with Crippen molar-refractivity contribution in [3.05, 3.63) is 59.6 Å². The molecule has 0 atom stereocenters. The average Bonchev–Trinajstić information content (AvgIpc) is 2.40. The largest absolute Gasteiger partial charge is 0.245 e. The van der Waals surface area contributed by atoms with Crippen molar-refractivity contribution in [2.45, 2.75) is 0 Å². The van der Waals surface area contributed by atoms with Crippen LogP contribution in [-0.2, 0) is 0 Å². The third kappa shape index (κ3) is 2.42. The summed E-state index contributed by atoms with van der Waals surface area (Å²) in [6.45, 7) is 0. The molecule has 1 aliphatic rings. The summed E-state index contributed by atoms with van der Waals surface area (Å²) in [6.07, 6.45) is 11.6. The van der Waals surface area contributed by atoms with Crippen molar-refractivity contribution in [3.8, 4) is 0 Å². The van der Waals surface area contributed by atoms with E-state index in [1.54, 1.807) is 6.07 Å². The summed E-state index contributed by atoms with van der Waals surface area (Å²) in [4.78, 5) is 4.46. The van der Waals surface area contributed by atoms with Gasteiger partial charge < -0.3 is 0 Å². The first-order valence-electron chi connectivity index (χ1n) is 5.77. The Hall–Kier alpha value is -0.470. The van der Waals surface area contributed by atoms with Crippen LogP contribution in [0.5, 0.6) is 0 Å². The predicted molar refractivity (Wildman–Crippen MR) is 99.4 cm³/mol. The first kappa shape index (κ1) is 14.5. The van der Waals surface area contributed by atoms with Gasteiger partial charge in [-0.05, 0) is 57.3 Å². The minimum atomic E-state index is -0.358. The molecule has 20 heavy (non-hydrogen) atoms. The number of nitrogens with zero attached hydrogens (tertiary/aromatic N) is 1. The second-order valence-corrected chi connectivity index (χ2v) is 6.78. The molecule has 5 heteroatoms. The van der Waals surface area contributed by atoms with Gasteiger partial charge in [-0.2, -0.15) is 0 Å². The predicted octanol–water partition coefficient (Wildman–Crippen LogP) is 5.83. The van der Waals surface area contributed by atoms with E-state index in [2.05, 4.69) is 27.6 Å². The Morgan fingerprint density at radius 1 is 1.00 bits per heavy atom. The molecule has 3 rings (SSSR count). The molecule has 1 heterocycles. The monoisotopic (exact) mass is 509 g/mol. The van der Waals surface area contributed by atoms with Gasteiger partial charge in [0.1, 0.15) is 5.52 Å². The molecular formula is C15H7ClFI2N. The number of hydrogen-bond acceptors (Lipinski definition) is 1. The van der Waals surface area contributed by atoms with Gasteiger partial charge >= 0.3 is 0 Å². The highest BCUT2D eigenvalue weighted by Crippen LogP contribution is 2.34. The Balaban J connectivity index is 2.45. The molecule has 0 amide bonds. The lowest BCUT2D eigenvalue weighted by atomic mass is 10.1. The summed E-state index contributed by atoms with van der Waals surface area (Å²) in [7, 11) is 0. The average molecular weight is 509 g/mol. The maximum atomic E-state index is 14.4. The van der Waals surface area contributed by atoms with Crippen LogP contribution in [0.3, 0.4) is 0 Å². The van der Waals surface area contributed by atoms with E-state index in [4.69, 9.17) is 11.6 Å². The number of rotatable bonds is 0. The fourth-order valence-electron chi connectivity index (χ4n) is 2.01. The highest BCUT2D eigenvalue weighted by Gasteiger charge is 2.17. The molecule has 0 unspecified atom stereocenters. The molecule has 100 valence electrons. The lowest BCUT2D eigenvalue weighted by Crippen LogP contribution is -1.98. The SMILES string of the molecule is Fc1c(I)c(Cl)cc2c(I)c3c(nc12)/C=C\C=C/C=C3. The van der Waals surface area contributed by atoms with E-state index in [1.165, 1.54) is 0 Å². The molecule has 0 radical (unpaired) electrons. The number of hydrogen-bond donors (Lipinski definition) is 0. The van der Waals surface area contributed by atoms with Crippen molar-refractivity contribution in [3.63, 3.8) is 0 Å². The number of allylic oxidation sites excluding steroid dienone is 4. The molecule has 1 aromatic carbocycles. The summed E-state index contributed by atoms with van der Waals surface area (Å²) in [5.41, 5.74) is 2.11. The van der Waals surface area contributed by atoms with Gasteiger partial charge in [0.25, 0.3) is 0 Å². The fraction of sp³-hybridized carbons (Fsp3) is 0. The topological polar surface area (TPSA) is 12.9 Å². The van der Waals surface area contributed by atoms with Crippen LogP contribution >= 0.6 is 56.8 Å². The van der Waals surface area contributed by atoms with Crippen molar-refractivity contribution < 1.29 is 4.39 Å². The van der Waals surface area contributed by atoms with Gasteiger partial charge in [0.15, 0.2) is 5.82 Å². The first-order chi connectivity index (χ1) is 9.59. The summed E-state index contributed by atoms with van der Waals surface area (Å²) in [5.74, 6) is -0.358. The van der Waals surface area contributed by atoms with Gasteiger partial charge in [-0.3, -0.25) is 0 Å². The standard InChI is InChI=1S/C15H7ClFI2N/c16-10-7-9-13(18)8-5-3-1-2-4-6-11(8)20-15(9)12(17)14(10)19/h1-7H/b2-1-,3-1?,4-2?,5-3?,6-4-,8-5?,11-6?. The molecule has 0 spiro atoms. The molecule has 0 bridgehead atoms. The van der Waals surface area contributed by atoms with Crippen molar-refractivity contribution in [2.75, 3.05) is 0 Å². The van der Waals surface area contributed by atoms with Crippen LogP contribution in [0.2, 0.25) is 5.02 Å². The zero-order chi connectivity index (χ0) is 14.3. The Bertz CT molecular complexity index is 810. The third-order valence-electron chi connectivity index (χ3n) is 2.97. The number of pyridine rings is 1. The summed E-state index contributed by atoms with van der Waals surface area (Å²) < 4.78 is 15.7. The van der Waals surface area contributed by atoms with E-state index in [9.17, 15) is 4.39 Å². The van der Waals surface area contributed by atoms with Crippen molar-refractivity contribution in [1.29, 1.82) is 0 Å². The van der Waals surface area contributed by atoms with Crippen LogP contribution in [0, 0.1) is 13.0 Å². The zero-order valence-electron chi connectivity index (χ0n) is 10.0. The maximum absolute atomic E-state index is 14.4. The highest BCUT2D eigenvalue weighted by molar-refractivity contribution is 14.1. The molecule has 0 fully saturated rings. The Morgan fingerprint density at radius 2 is 1.70 bits per heavy atom. The van der Waals surface area contributed by atoms with Crippen LogP contribution in [0.25, 0.3) is 23.1 Å². The molecule has 0 saturated carbocycles. The molecule has 1 aromatic heterocycles. The number of benzene rings is 1. The second-order valence-electron chi connectivity index (χ2n) is 4.21. The van der Waals surface area contributed by atoms with E-state index in [1.807, 2.05) is 59.0 Å². The molecule has 2 aromatic rings. The lowest BCUT2D eigenvalue weighted by molar-refractivity contribution is 0.629. The van der Waals surface area contributed by atoms with Gasteiger partial charge in [-0.25, -0.2) is 9.37 Å². The lowest BCUT2D eigenvalue weighted by Gasteiger charge is -2.11. The van der Waals surface area contributed by atoms with Gasteiger partial charge in [-0.15, -0.1) is 0 Å². The summed E-state index contributed by atoms with van der Waals surface area (Å²) >= 11 is 10.2. The normalized spacial score (nSPS) is 16.6. The first-order valence-corrected chi connectivity index (χ1v) is 8.31. The summed E-state index contributed by atoms with van der Waals surface area (Å²) in [6, 6.07) is 1.78. The minimum Gasteiger partial charge on any atom is -0.245 e. The molecule has 0 aliphatic heterocycles. The van der Waals surface area contributed by atoms with Gasteiger partial charge in [-0.1, -0.05) is 42.0 Å². The Kier molecular flexibility index (Phi) is 4.14. The van der Waals surface area contributed by atoms with Crippen LogP contribution in [0.15, 0.2) is 30.4 Å². The molecule has 1 aliphatic carbocycles. The molecule has 0 saturated heterocycles. The van der Waals surface area contributed by atoms with Crippen LogP contribution in [-0.4, -0.2) is 4.98 Å². The van der Waals surface area contributed by atoms with Gasteiger partial charge in [0.2, 0.25) is 0 Å². The highest BCUT2D eigenvalue weighted by atomic mass is 127. The van der Waals surface area contributed by atoms with E-state index < -0.39 is 0 Å². The second kappa shape index (κ2) is 5.73. The minimum absolute atomic E-state index is 0.358. The molecule has 0 N–H and O–H groups in total. The third-order valence-corrected chi connectivity index (χ3v) is 5.80. The Morgan fingerprint density at radius 3 is 2.45 bits per heavy atom. The Labute approximate surface area is 147 Å². The van der Waals surface area contributed by atoms with E-state index >= 15 is 0 Å². The van der Waals surface area contributed by atoms with Crippen molar-refractivity contribution >= 4 is 79.8 Å². The van der Waals surface area contributed by atoms with Crippen LogP contribution < -0.4 is 0 Å². The maximum Gasteiger partial charge on any atom is 0.164 e. The van der Waals surface area contributed by atoms with Crippen molar-refractivity contribution in [2.24, 2.45) is 0 Å². The molecule has 1 nitrogen and oxygen atoms in total. The van der Waals surface area contributed by atoms with Gasteiger partial charge in [0, 0.05) is 14.5 Å². The number of halogens is 4. The molecular weight excluding hydrogens is 502 g/mol. The van der Waals surface area contributed by atoms with Crippen LogP contribution in [0.1, 0.15) is 11.3 Å². The van der Waals surface area contributed by atoms with Gasteiger partial charge in [0.05, 0.1) is 14.3 Å². The van der Waals surface area contributed by atoms with Crippen molar-refractivity contribution in [1.82, 2.24) is 4.98 Å². The summed E-state index contributed by atoms with van der Waals surface area (Å²) in [5, 5.41) is 1.16. The van der Waals surface area contributed by atoms with E-state index in [-0.39, 0.29) is 5.82 Å². The number of aromatic nitrogens is 1. The van der Waals surface area contributed by atoms with E-state index in [0.717, 1.165) is 20.2 Å². The fourth-order valence-corrected chi connectivity index (χ4v) is 3.48. The van der Waals surface area contributed by atoms with Crippen LogP contribution in [0.4, 0.5) is 4.39 Å². The van der Waals surface area contributed by atoms with E-state index in [0.29, 0.717) is 14.1 Å².